The lowest BCUT2D eigenvalue weighted by Gasteiger charge is -2.01. The van der Waals surface area contributed by atoms with Gasteiger partial charge in [0.2, 0.25) is 0 Å². The van der Waals surface area contributed by atoms with Crippen LogP contribution in [0, 0.1) is 13.8 Å². The largest absolute Gasteiger partial charge is 0.300 e. The Kier molecular flexibility index (Phi) is 4.45. The zero-order chi connectivity index (χ0) is 14.0. The number of carbonyl (C=O) groups is 1. The number of aryl methyl sites for hydroxylation is 2. The highest BCUT2D eigenvalue weighted by atomic mass is 35.5. The third-order valence-electron chi connectivity index (χ3n) is 2.55. The van der Waals surface area contributed by atoms with E-state index in [9.17, 15) is 4.79 Å². The van der Waals surface area contributed by atoms with Crippen LogP contribution in [0.5, 0.6) is 0 Å². The first-order chi connectivity index (χ1) is 8.97. The number of carbonyl (C=O) groups excluding carboxylic acids is 1. The molecule has 0 aliphatic heterocycles. The molecule has 1 amide bonds. The molecule has 0 unspecified atom stereocenters. The molecule has 1 aromatic heterocycles. The molecular formula is C13H12Cl2N2OS. The van der Waals surface area contributed by atoms with Crippen LogP contribution in [0.2, 0.25) is 0 Å². The molecule has 0 bridgehead atoms. The number of halogens is 2. The van der Waals surface area contributed by atoms with Crippen molar-refractivity contribution in [3.8, 4) is 11.3 Å². The summed E-state index contributed by atoms with van der Waals surface area (Å²) in [4.78, 5) is 15.7. The molecule has 0 saturated heterocycles. The normalized spacial score (nSPS) is 10.8. The summed E-state index contributed by atoms with van der Waals surface area (Å²) in [6, 6.07) is 8.07. The fourth-order valence-corrected chi connectivity index (χ4v) is 2.54. The summed E-state index contributed by atoms with van der Waals surface area (Å²) in [7, 11) is 0. The van der Waals surface area contributed by atoms with Gasteiger partial charge in [0.1, 0.15) is 0 Å². The number of thiazole rings is 1. The number of aromatic nitrogens is 1. The first-order valence-electron chi connectivity index (χ1n) is 5.61. The first kappa shape index (κ1) is 14.3. The third-order valence-corrected chi connectivity index (χ3v) is 3.83. The Labute approximate surface area is 125 Å². The second-order valence-corrected chi connectivity index (χ2v) is 6.38. The minimum Gasteiger partial charge on any atom is -0.300 e. The molecule has 2 aromatic rings. The number of amides is 1. The van der Waals surface area contributed by atoms with Crippen LogP contribution in [0.4, 0.5) is 5.13 Å². The molecule has 3 nitrogen and oxygen atoms in total. The summed E-state index contributed by atoms with van der Waals surface area (Å²) in [6.45, 7) is 3.99. The highest BCUT2D eigenvalue weighted by Crippen LogP contribution is 2.30. The molecule has 1 N–H and O–H groups in total. The summed E-state index contributed by atoms with van der Waals surface area (Å²) in [5.41, 5.74) is 3.08. The Morgan fingerprint density at radius 2 is 1.89 bits per heavy atom. The number of benzene rings is 1. The van der Waals surface area contributed by atoms with E-state index in [-0.39, 0.29) is 0 Å². The lowest BCUT2D eigenvalue weighted by molar-refractivity contribution is -0.114. The van der Waals surface area contributed by atoms with Gasteiger partial charge in [-0.1, -0.05) is 53.0 Å². The molecule has 0 aliphatic rings. The minimum atomic E-state index is -1.09. The number of hydrogen-bond acceptors (Lipinski definition) is 3. The standard InChI is InChI=1S/C13H12Cl2N2OS/c1-7-3-5-9(6-4-7)10-8(2)19-13(16-10)17-12(18)11(14)15/h3-6,11H,1-2H3,(H,16,17,18). The van der Waals surface area contributed by atoms with E-state index in [0.29, 0.717) is 5.13 Å². The molecule has 0 fully saturated rings. The average molecular weight is 315 g/mol. The number of nitrogens with one attached hydrogen (secondary N) is 1. The number of anilines is 1. The molecule has 0 saturated carbocycles. The van der Waals surface area contributed by atoms with E-state index in [1.54, 1.807) is 0 Å². The molecule has 19 heavy (non-hydrogen) atoms. The molecule has 0 radical (unpaired) electrons. The number of rotatable bonds is 3. The number of alkyl halides is 2. The lowest BCUT2D eigenvalue weighted by Crippen LogP contribution is -2.18. The van der Waals surface area contributed by atoms with E-state index in [4.69, 9.17) is 23.2 Å². The van der Waals surface area contributed by atoms with Crippen LogP contribution in [-0.4, -0.2) is 15.7 Å². The SMILES string of the molecule is Cc1ccc(-c2nc(NC(=O)C(Cl)Cl)sc2C)cc1. The molecule has 0 spiro atoms. The fraction of sp³-hybridized carbons (Fsp3) is 0.231. The van der Waals surface area contributed by atoms with Crippen molar-refractivity contribution in [3.05, 3.63) is 34.7 Å². The van der Waals surface area contributed by atoms with Crippen molar-refractivity contribution in [3.63, 3.8) is 0 Å². The quantitative estimate of drug-likeness (QED) is 0.864. The van der Waals surface area contributed by atoms with Crippen LogP contribution in [0.25, 0.3) is 11.3 Å². The maximum Gasteiger partial charge on any atom is 0.259 e. The Balaban J connectivity index is 2.26. The highest BCUT2D eigenvalue weighted by Gasteiger charge is 2.15. The van der Waals surface area contributed by atoms with E-state index >= 15 is 0 Å². The van der Waals surface area contributed by atoms with Gasteiger partial charge in [0.15, 0.2) is 9.97 Å². The van der Waals surface area contributed by atoms with Gasteiger partial charge in [-0.15, -0.1) is 11.3 Å². The van der Waals surface area contributed by atoms with E-state index in [2.05, 4.69) is 10.3 Å². The van der Waals surface area contributed by atoms with Crippen molar-refractivity contribution < 1.29 is 4.79 Å². The van der Waals surface area contributed by atoms with Crippen molar-refractivity contribution in [2.24, 2.45) is 0 Å². The van der Waals surface area contributed by atoms with Gasteiger partial charge in [-0.2, -0.15) is 0 Å². The summed E-state index contributed by atoms with van der Waals surface area (Å²) < 4.78 is 0. The number of hydrogen-bond donors (Lipinski definition) is 1. The van der Waals surface area contributed by atoms with Crippen molar-refractivity contribution >= 4 is 45.6 Å². The van der Waals surface area contributed by atoms with Gasteiger partial charge >= 0.3 is 0 Å². The summed E-state index contributed by atoms with van der Waals surface area (Å²) in [5, 5.41) is 3.09. The predicted octanol–water partition coefficient (Wildman–Crippen LogP) is 4.17. The summed E-state index contributed by atoms with van der Waals surface area (Å²) in [6.07, 6.45) is 0. The van der Waals surface area contributed by atoms with E-state index < -0.39 is 10.7 Å². The van der Waals surface area contributed by atoms with Crippen LogP contribution >= 0.6 is 34.5 Å². The monoisotopic (exact) mass is 314 g/mol. The molecule has 6 heteroatoms. The van der Waals surface area contributed by atoms with Crippen LogP contribution < -0.4 is 5.32 Å². The van der Waals surface area contributed by atoms with Crippen molar-refractivity contribution in [2.45, 2.75) is 18.7 Å². The van der Waals surface area contributed by atoms with Gasteiger partial charge < -0.3 is 0 Å². The van der Waals surface area contributed by atoms with Gasteiger partial charge in [0, 0.05) is 10.4 Å². The maximum atomic E-state index is 11.4. The molecule has 0 aliphatic carbocycles. The van der Waals surface area contributed by atoms with Gasteiger partial charge in [0.25, 0.3) is 5.91 Å². The minimum absolute atomic E-state index is 0.465. The smallest absolute Gasteiger partial charge is 0.259 e. The first-order valence-corrected chi connectivity index (χ1v) is 7.30. The Bertz CT molecular complexity index is 593. The fourth-order valence-electron chi connectivity index (χ4n) is 1.59. The Hall–Kier alpha value is -1.10. The van der Waals surface area contributed by atoms with Crippen LogP contribution in [0.3, 0.4) is 0 Å². The van der Waals surface area contributed by atoms with Crippen molar-refractivity contribution in [2.75, 3.05) is 5.32 Å². The van der Waals surface area contributed by atoms with Gasteiger partial charge in [-0.05, 0) is 13.8 Å². The molecule has 1 heterocycles. The van der Waals surface area contributed by atoms with Gasteiger partial charge in [-0.3, -0.25) is 10.1 Å². The average Bonchev–Trinajstić information content (AvgIpc) is 2.71. The van der Waals surface area contributed by atoms with Crippen LogP contribution in [0.15, 0.2) is 24.3 Å². The third kappa shape index (κ3) is 3.47. The van der Waals surface area contributed by atoms with E-state index in [1.165, 1.54) is 16.9 Å². The molecule has 1 aromatic carbocycles. The van der Waals surface area contributed by atoms with Gasteiger partial charge in [-0.25, -0.2) is 4.98 Å². The van der Waals surface area contributed by atoms with Crippen molar-refractivity contribution in [1.82, 2.24) is 4.98 Å². The Morgan fingerprint density at radius 1 is 1.26 bits per heavy atom. The topological polar surface area (TPSA) is 42.0 Å². The molecule has 0 atom stereocenters. The zero-order valence-electron chi connectivity index (χ0n) is 10.4. The zero-order valence-corrected chi connectivity index (χ0v) is 12.7. The second kappa shape index (κ2) is 5.90. The van der Waals surface area contributed by atoms with Crippen LogP contribution in [0.1, 0.15) is 10.4 Å². The number of nitrogens with zero attached hydrogens (tertiary/aromatic N) is 1. The molecular weight excluding hydrogens is 303 g/mol. The molecule has 100 valence electrons. The summed E-state index contributed by atoms with van der Waals surface area (Å²) >= 11 is 12.4. The lowest BCUT2D eigenvalue weighted by atomic mass is 10.1. The van der Waals surface area contributed by atoms with E-state index in [0.717, 1.165) is 16.1 Å². The summed E-state index contributed by atoms with van der Waals surface area (Å²) in [5.74, 6) is -0.465. The highest BCUT2D eigenvalue weighted by molar-refractivity contribution is 7.16. The van der Waals surface area contributed by atoms with Gasteiger partial charge in [0.05, 0.1) is 5.69 Å². The predicted molar refractivity (Wildman–Crippen MR) is 81.1 cm³/mol. The Morgan fingerprint density at radius 3 is 2.47 bits per heavy atom. The molecule has 2 rings (SSSR count). The van der Waals surface area contributed by atoms with Crippen molar-refractivity contribution in [1.29, 1.82) is 0 Å². The van der Waals surface area contributed by atoms with Crippen LogP contribution in [-0.2, 0) is 4.79 Å². The second-order valence-electron chi connectivity index (χ2n) is 4.08. The van der Waals surface area contributed by atoms with E-state index in [1.807, 2.05) is 38.1 Å². The maximum absolute atomic E-state index is 11.4.